The normalized spacial score (nSPS) is 11.2. The standard InChI is InChI=1S/C22H28O3/c1-16-8-11-18(12-9-16)24-14-6-7-21(23)25-20-13-10-17(2)15-19(20)22(3,4)5/h8-13,15H,6-7,14H2,1-5H3. The van der Waals surface area contributed by atoms with Crippen LogP contribution in [0.4, 0.5) is 0 Å². The third-order valence-electron chi connectivity index (χ3n) is 3.98. The molecule has 0 bridgehead atoms. The van der Waals surface area contributed by atoms with Crippen LogP contribution in [0.2, 0.25) is 0 Å². The zero-order chi connectivity index (χ0) is 18.4. The van der Waals surface area contributed by atoms with Gasteiger partial charge in [-0.05, 0) is 43.9 Å². The van der Waals surface area contributed by atoms with Crippen LogP contribution in [0.25, 0.3) is 0 Å². The SMILES string of the molecule is Cc1ccc(OCCCC(=O)Oc2ccc(C)cc2C(C)(C)C)cc1. The Morgan fingerprint density at radius 3 is 2.24 bits per heavy atom. The van der Waals surface area contributed by atoms with Crippen LogP contribution in [0.3, 0.4) is 0 Å². The lowest BCUT2D eigenvalue weighted by Gasteiger charge is -2.22. The summed E-state index contributed by atoms with van der Waals surface area (Å²) in [7, 11) is 0. The van der Waals surface area contributed by atoms with Crippen LogP contribution in [-0.4, -0.2) is 12.6 Å². The molecule has 2 aromatic rings. The summed E-state index contributed by atoms with van der Waals surface area (Å²) < 4.78 is 11.2. The second-order valence-electron chi connectivity index (χ2n) is 7.49. The predicted molar refractivity (Wildman–Crippen MR) is 101 cm³/mol. The van der Waals surface area contributed by atoms with Crippen molar-refractivity contribution < 1.29 is 14.3 Å². The molecule has 25 heavy (non-hydrogen) atoms. The molecular formula is C22H28O3. The summed E-state index contributed by atoms with van der Waals surface area (Å²) in [5.41, 5.74) is 3.34. The minimum Gasteiger partial charge on any atom is -0.494 e. The summed E-state index contributed by atoms with van der Waals surface area (Å²) in [6.07, 6.45) is 0.965. The van der Waals surface area contributed by atoms with E-state index in [1.165, 1.54) is 5.56 Å². The molecule has 2 rings (SSSR count). The molecule has 0 atom stereocenters. The van der Waals surface area contributed by atoms with Gasteiger partial charge < -0.3 is 9.47 Å². The summed E-state index contributed by atoms with van der Waals surface area (Å²) in [5, 5.41) is 0. The van der Waals surface area contributed by atoms with Crippen LogP contribution in [0.15, 0.2) is 42.5 Å². The quantitative estimate of drug-likeness (QED) is 0.403. The molecule has 0 heterocycles. The average Bonchev–Trinajstić information content (AvgIpc) is 2.54. The van der Waals surface area contributed by atoms with Gasteiger partial charge in [0, 0.05) is 12.0 Å². The Kier molecular flexibility index (Phi) is 6.24. The third-order valence-corrected chi connectivity index (χ3v) is 3.98. The highest BCUT2D eigenvalue weighted by molar-refractivity contribution is 5.73. The first-order chi connectivity index (χ1) is 11.8. The minimum atomic E-state index is -0.221. The van der Waals surface area contributed by atoms with Gasteiger partial charge in [-0.25, -0.2) is 0 Å². The molecule has 3 heteroatoms. The van der Waals surface area contributed by atoms with E-state index in [4.69, 9.17) is 9.47 Å². The fourth-order valence-electron chi connectivity index (χ4n) is 2.53. The predicted octanol–water partition coefficient (Wildman–Crippen LogP) is 5.37. The summed E-state index contributed by atoms with van der Waals surface area (Å²) in [5.74, 6) is 1.26. The number of carbonyl (C=O) groups is 1. The van der Waals surface area contributed by atoms with Gasteiger partial charge in [-0.2, -0.15) is 0 Å². The number of hydrogen-bond donors (Lipinski definition) is 0. The monoisotopic (exact) mass is 340 g/mol. The lowest BCUT2D eigenvalue weighted by molar-refractivity contribution is -0.134. The first kappa shape index (κ1) is 19.0. The van der Waals surface area contributed by atoms with Crippen molar-refractivity contribution in [3.05, 3.63) is 59.2 Å². The molecule has 0 aliphatic rings. The highest BCUT2D eigenvalue weighted by Gasteiger charge is 2.20. The van der Waals surface area contributed by atoms with Gasteiger partial charge in [-0.15, -0.1) is 0 Å². The fraction of sp³-hybridized carbons (Fsp3) is 0.409. The Bertz CT molecular complexity index is 709. The van der Waals surface area contributed by atoms with Crippen molar-refractivity contribution >= 4 is 5.97 Å². The molecule has 0 fully saturated rings. The first-order valence-corrected chi connectivity index (χ1v) is 8.77. The summed E-state index contributed by atoms with van der Waals surface area (Å²) >= 11 is 0. The van der Waals surface area contributed by atoms with Crippen LogP contribution in [0.1, 0.15) is 50.3 Å². The van der Waals surface area contributed by atoms with Gasteiger partial charge in [-0.1, -0.05) is 56.2 Å². The topological polar surface area (TPSA) is 35.5 Å². The molecule has 0 saturated carbocycles. The van der Waals surface area contributed by atoms with E-state index in [2.05, 4.69) is 26.8 Å². The molecule has 3 nitrogen and oxygen atoms in total. The summed E-state index contributed by atoms with van der Waals surface area (Å²) in [6, 6.07) is 13.8. The van der Waals surface area contributed by atoms with Gasteiger partial charge in [0.25, 0.3) is 0 Å². The Labute approximate surface area is 151 Å². The maximum Gasteiger partial charge on any atom is 0.311 e. The summed E-state index contributed by atoms with van der Waals surface area (Å²) in [6.45, 7) is 10.9. The zero-order valence-electron chi connectivity index (χ0n) is 15.9. The van der Waals surface area contributed by atoms with E-state index in [0.29, 0.717) is 25.2 Å². The van der Waals surface area contributed by atoms with Gasteiger partial charge in [0.15, 0.2) is 0 Å². The van der Waals surface area contributed by atoms with Gasteiger partial charge in [-0.3, -0.25) is 4.79 Å². The molecule has 0 aliphatic heterocycles. The van der Waals surface area contributed by atoms with Gasteiger partial charge >= 0.3 is 5.97 Å². The fourth-order valence-corrected chi connectivity index (χ4v) is 2.53. The summed E-state index contributed by atoms with van der Waals surface area (Å²) in [4.78, 5) is 12.2. The van der Waals surface area contributed by atoms with E-state index in [1.54, 1.807) is 0 Å². The number of benzene rings is 2. The van der Waals surface area contributed by atoms with E-state index in [-0.39, 0.29) is 11.4 Å². The van der Waals surface area contributed by atoms with E-state index in [0.717, 1.165) is 16.9 Å². The molecule has 0 unspecified atom stereocenters. The number of rotatable bonds is 6. The van der Waals surface area contributed by atoms with E-state index < -0.39 is 0 Å². The molecular weight excluding hydrogens is 312 g/mol. The number of hydrogen-bond acceptors (Lipinski definition) is 3. The molecule has 0 N–H and O–H groups in total. The molecule has 0 aromatic heterocycles. The highest BCUT2D eigenvalue weighted by Crippen LogP contribution is 2.32. The van der Waals surface area contributed by atoms with Crippen LogP contribution >= 0.6 is 0 Å². The van der Waals surface area contributed by atoms with Crippen LogP contribution in [0, 0.1) is 13.8 Å². The van der Waals surface area contributed by atoms with Crippen molar-refractivity contribution in [2.45, 2.75) is 52.9 Å². The number of esters is 1. The van der Waals surface area contributed by atoms with Crippen molar-refractivity contribution in [2.24, 2.45) is 0 Å². The van der Waals surface area contributed by atoms with Crippen LogP contribution in [-0.2, 0) is 10.2 Å². The lowest BCUT2D eigenvalue weighted by Crippen LogP contribution is -2.17. The van der Waals surface area contributed by atoms with Crippen molar-refractivity contribution in [2.75, 3.05) is 6.61 Å². The Hall–Kier alpha value is -2.29. The van der Waals surface area contributed by atoms with Crippen LogP contribution < -0.4 is 9.47 Å². The maximum absolute atomic E-state index is 12.2. The van der Waals surface area contributed by atoms with Gasteiger partial charge in [0.05, 0.1) is 6.61 Å². The van der Waals surface area contributed by atoms with Crippen molar-refractivity contribution in [1.82, 2.24) is 0 Å². The van der Waals surface area contributed by atoms with E-state index in [1.807, 2.05) is 50.2 Å². The van der Waals surface area contributed by atoms with Crippen molar-refractivity contribution in [3.63, 3.8) is 0 Å². The lowest BCUT2D eigenvalue weighted by atomic mass is 9.85. The number of aryl methyl sites for hydroxylation is 2. The molecule has 134 valence electrons. The van der Waals surface area contributed by atoms with Gasteiger partial charge in [0.1, 0.15) is 11.5 Å². The average molecular weight is 340 g/mol. The Morgan fingerprint density at radius 2 is 1.60 bits per heavy atom. The van der Waals surface area contributed by atoms with E-state index >= 15 is 0 Å². The second kappa shape index (κ2) is 8.19. The zero-order valence-corrected chi connectivity index (χ0v) is 15.9. The second-order valence-corrected chi connectivity index (χ2v) is 7.49. The minimum absolute atomic E-state index is 0.0732. The molecule has 0 spiro atoms. The first-order valence-electron chi connectivity index (χ1n) is 8.77. The maximum atomic E-state index is 12.2. The van der Waals surface area contributed by atoms with Gasteiger partial charge in [0.2, 0.25) is 0 Å². The van der Waals surface area contributed by atoms with Crippen molar-refractivity contribution in [1.29, 1.82) is 0 Å². The molecule has 0 aliphatic carbocycles. The molecule has 0 amide bonds. The number of carbonyl (C=O) groups excluding carboxylic acids is 1. The molecule has 0 radical (unpaired) electrons. The molecule has 2 aromatic carbocycles. The Morgan fingerprint density at radius 1 is 0.960 bits per heavy atom. The Balaban J connectivity index is 1.85. The van der Waals surface area contributed by atoms with Crippen molar-refractivity contribution in [3.8, 4) is 11.5 Å². The molecule has 0 saturated heterocycles. The highest BCUT2D eigenvalue weighted by atomic mass is 16.5. The number of ether oxygens (including phenoxy) is 2. The third kappa shape index (κ3) is 5.93. The smallest absolute Gasteiger partial charge is 0.311 e. The van der Waals surface area contributed by atoms with E-state index in [9.17, 15) is 4.79 Å². The van der Waals surface area contributed by atoms with Crippen LogP contribution in [0.5, 0.6) is 11.5 Å². The largest absolute Gasteiger partial charge is 0.494 e.